The molecule has 51 valence electrons. The van der Waals surface area contributed by atoms with Gasteiger partial charge in [-0.1, -0.05) is 11.6 Å². The summed E-state index contributed by atoms with van der Waals surface area (Å²) < 4.78 is 12.3. The van der Waals surface area contributed by atoms with Crippen molar-refractivity contribution in [1.29, 1.82) is 0 Å². The zero-order chi connectivity index (χ0) is 7.56. The van der Waals surface area contributed by atoms with Crippen LogP contribution in [0.3, 0.4) is 0 Å². The first-order valence-corrected chi connectivity index (χ1v) is 2.95. The monoisotopic (exact) mass is 157 g/mol. The van der Waals surface area contributed by atoms with Gasteiger partial charge < -0.3 is 0 Å². The van der Waals surface area contributed by atoms with Gasteiger partial charge in [0, 0.05) is 5.56 Å². The minimum Gasteiger partial charge on any atom is -0.285 e. The summed E-state index contributed by atoms with van der Waals surface area (Å²) >= 11 is 5.47. The van der Waals surface area contributed by atoms with Gasteiger partial charge in [-0.3, -0.25) is 4.79 Å². The molecular formula is C7H3ClFO. The van der Waals surface area contributed by atoms with Crippen molar-refractivity contribution in [2.24, 2.45) is 0 Å². The number of benzene rings is 1. The lowest BCUT2D eigenvalue weighted by molar-refractivity contribution is 0.562. The molecule has 10 heavy (non-hydrogen) atoms. The normalized spacial score (nSPS) is 9.40. The lowest BCUT2D eigenvalue weighted by Crippen LogP contribution is -1.83. The highest BCUT2D eigenvalue weighted by atomic mass is 35.5. The predicted octanol–water partition coefficient (Wildman–Crippen LogP) is 1.94. The summed E-state index contributed by atoms with van der Waals surface area (Å²) in [5.41, 5.74) is 0.0571. The molecule has 3 heteroatoms. The first-order chi connectivity index (χ1) is 4.74. The minimum absolute atomic E-state index is 0.0571. The predicted molar refractivity (Wildman–Crippen MR) is 36.2 cm³/mol. The van der Waals surface area contributed by atoms with Crippen LogP contribution >= 0.6 is 11.6 Å². The van der Waals surface area contributed by atoms with Crippen molar-refractivity contribution < 1.29 is 9.18 Å². The van der Waals surface area contributed by atoms with Gasteiger partial charge >= 0.3 is 0 Å². The maximum atomic E-state index is 12.3. The van der Waals surface area contributed by atoms with Crippen molar-refractivity contribution in [2.45, 2.75) is 0 Å². The SMILES string of the molecule is O=[C]c1cc(F)ccc1Cl. The Morgan fingerprint density at radius 2 is 2.20 bits per heavy atom. The molecule has 1 rings (SSSR count). The van der Waals surface area contributed by atoms with E-state index in [4.69, 9.17) is 11.6 Å². The fourth-order valence-corrected chi connectivity index (χ4v) is 0.732. The Balaban J connectivity index is 3.21. The summed E-state index contributed by atoms with van der Waals surface area (Å²) in [5, 5.41) is 0.219. The van der Waals surface area contributed by atoms with Crippen LogP contribution in [0.15, 0.2) is 18.2 Å². The molecule has 1 radical (unpaired) electrons. The van der Waals surface area contributed by atoms with Crippen molar-refractivity contribution in [3.63, 3.8) is 0 Å². The summed E-state index contributed by atoms with van der Waals surface area (Å²) in [6.07, 6.45) is 1.51. The van der Waals surface area contributed by atoms with E-state index in [1.165, 1.54) is 18.4 Å². The average molecular weight is 158 g/mol. The third kappa shape index (κ3) is 1.33. The van der Waals surface area contributed by atoms with E-state index in [1.54, 1.807) is 0 Å². The largest absolute Gasteiger partial charge is 0.285 e. The quantitative estimate of drug-likeness (QED) is 0.609. The van der Waals surface area contributed by atoms with Gasteiger partial charge in [0.2, 0.25) is 6.29 Å². The zero-order valence-corrected chi connectivity index (χ0v) is 5.65. The molecule has 0 amide bonds. The van der Waals surface area contributed by atoms with Crippen LogP contribution in [-0.2, 0) is 4.79 Å². The Hall–Kier alpha value is -0.890. The van der Waals surface area contributed by atoms with Crippen molar-refractivity contribution in [1.82, 2.24) is 0 Å². The molecule has 0 spiro atoms. The van der Waals surface area contributed by atoms with Gasteiger partial charge in [-0.05, 0) is 18.2 Å². The lowest BCUT2D eigenvalue weighted by atomic mass is 10.2. The fourth-order valence-electron chi connectivity index (χ4n) is 0.576. The number of rotatable bonds is 1. The van der Waals surface area contributed by atoms with Crippen LogP contribution in [0.1, 0.15) is 5.56 Å². The first-order valence-electron chi connectivity index (χ1n) is 2.57. The van der Waals surface area contributed by atoms with Crippen molar-refractivity contribution in [2.75, 3.05) is 0 Å². The maximum absolute atomic E-state index is 12.3. The van der Waals surface area contributed by atoms with E-state index in [0.717, 1.165) is 6.07 Å². The molecule has 0 N–H and O–H groups in total. The fraction of sp³-hybridized carbons (Fsp3) is 0. The van der Waals surface area contributed by atoms with Gasteiger partial charge in [-0.2, -0.15) is 0 Å². The van der Waals surface area contributed by atoms with Crippen molar-refractivity contribution in [3.05, 3.63) is 34.6 Å². The van der Waals surface area contributed by atoms with Gasteiger partial charge in [-0.25, -0.2) is 4.39 Å². The van der Waals surface area contributed by atoms with E-state index in [-0.39, 0.29) is 10.6 Å². The Kier molecular flexibility index (Phi) is 2.02. The minimum atomic E-state index is -0.484. The van der Waals surface area contributed by atoms with Crippen LogP contribution in [0, 0.1) is 5.82 Å². The molecule has 0 aliphatic carbocycles. The van der Waals surface area contributed by atoms with Gasteiger partial charge in [0.25, 0.3) is 0 Å². The third-order valence-electron chi connectivity index (χ3n) is 1.04. The second kappa shape index (κ2) is 2.80. The van der Waals surface area contributed by atoms with Gasteiger partial charge in [0.15, 0.2) is 0 Å². The van der Waals surface area contributed by atoms with E-state index >= 15 is 0 Å². The molecule has 0 saturated heterocycles. The highest BCUT2D eigenvalue weighted by Gasteiger charge is 1.99. The molecular weight excluding hydrogens is 155 g/mol. The number of halogens is 2. The van der Waals surface area contributed by atoms with Gasteiger partial charge in [-0.15, -0.1) is 0 Å². The molecule has 0 bridgehead atoms. The Morgan fingerprint density at radius 1 is 1.50 bits per heavy atom. The topological polar surface area (TPSA) is 17.1 Å². The van der Waals surface area contributed by atoms with E-state index in [2.05, 4.69) is 0 Å². The number of hydrogen-bond acceptors (Lipinski definition) is 1. The van der Waals surface area contributed by atoms with Gasteiger partial charge in [0.1, 0.15) is 5.82 Å². The molecule has 0 aliphatic heterocycles. The second-order valence-electron chi connectivity index (χ2n) is 1.73. The first kappa shape index (κ1) is 7.22. The van der Waals surface area contributed by atoms with E-state index in [1.807, 2.05) is 0 Å². The smallest absolute Gasteiger partial charge is 0.235 e. The van der Waals surface area contributed by atoms with Crippen LogP contribution in [0.5, 0.6) is 0 Å². The Morgan fingerprint density at radius 3 is 2.70 bits per heavy atom. The molecule has 1 nitrogen and oxygen atoms in total. The molecule has 1 aromatic rings. The van der Waals surface area contributed by atoms with Gasteiger partial charge in [0.05, 0.1) is 5.02 Å². The summed E-state index contributed by atoms with van der Waals surface area (Å²) in [6.45, 7) is 0. The van der Waals surface area contributed by atoms with Crippen LogP contribution in [0.25, 0.3) is 0 Å². The summed E-state index contributed by atoms with van der Waals surface area (Å²) in [7, 11) is 0. The van der Waals surface area contributed by atoms with E-state index < -0.39 is 5.82 Å². The summed E-state index contributed by atoms with van der Waals surface area (Å²) in [4.78, 5) is 10.0. The highest BCUT2D eigenvalue weighted by Crippen LogP contribution is 2.14. The molecule has 0 fully saturated rings. The van der Waals surface area contributed by atoms with Crippen LogP contribution in [0.2, 0.25) is 5.02 Å². The highest BCUT2D eigenvalue weighted by molar-refractivity contribution is 6.32. The lowest BCUT2D eigenvalue weighted by Gasteiger charge is -1.92. The third-order valence-corrected chi connectivity index (χ3v) is 1.37. The van der Waals surface area contributed by atoms with E-state index in [0.29, 0.717) is 0 Å². The number of carbonyl (C=O) groups excluding carboxylic acids is 1. The second-order valence-corrected chi connectivity index (χ2v) is 2.13. The van der Waals surface area contributed by atoms with Crippen LogP contribution in [-0.4, -0.2) is 6.29 Å². The Labute approximate surface area is 62.4 Å². The standard InChI is InChI=1S/C7H3ClFO/c8-7-2-1-6(9)3-5(7)4-10/h1-3H. The summed E-state index contributed by atoms with van der Waals surface area (Å²) in [6, 6.07) is 3.54. The average Bonchev–Trinajstić information content (AvgIpc) is 1.94. The van der Waals surface area contributed by atoms with Crippen molar-refractivity contribution in [3.8, 4) is 0 Å². The van der Waals surface area contributed by atoms with Crippen LogP contribution in [0.4, 0.5) is 4.39 Å². The van der Waals surface area contributed by atoms with Crippen molar-refractivity contribution >= 4 is 17.9 Å². The molecule has 0 atom stereocenters. The van der Waals surface area contributed by atoms with E-state index in [9.17, 15) is 9.18 Å². The molecule has 0 heterocycles. The zero-order valence-electron chi connectivity index (χ0n) is 4.90. The van der Waals surface area contributed by atoms with Crippen LogP contribution < -0.4 is 0 Å². The Bertz CT molecular complexity index is 260. The number of hydrogen-bond donors (Lipinski definition) is 0. The molecule has 0 saturated carbocycles. The maximum Gasteiger partial charge on any atom is 0.235 e. The summed E-state index contributed by atoms with van der Waals surface area (Å²) in [5.74, 6) is -0.484. The molecule has 0 aromatic heterocycles. The molecule has 0 unspecified atom stereocenters. The molecule has 1 aromatic carbocycles. The molecule has 0 aliphatic rings.